The lowest BCUT2D eigenvalue weighted by atomic mass is 9.57. The van der Waals surface area contributed by atoms with Crippen molar-refractivity contribution in [2.45, 2.75) is 85.2 Å². The molecule has 7 aliphatic rings. The van der Waals surface area contributed by atoms with Gasteiger partial charge in [0.15, 0.2) is 0 Å². The second-order valence-corrected chi connectivity index (χ2v) is 14.5. The number of esters is 1. The van der Waals surface area contributed by atoms with E-state index in [1.165, 1.54) is 12.8 Å². The largest absolute Gasteiger partial charge is 0.481 e. The fraction of sp³-hybridized carbons (Fsp3) is 0.931. The zero-order valence-corrected chi connectivity index (χ0v) is 20.8. The minimum atomic E-state index is -0.605. The van der Waals surface area contributed by atoms with E-state index in [-0.39, 0.29) is 23.4 Å². The van der Waals surface area contributed by atoms with E-state index in [1.807, 2.05) is 0 Å². The molecule has 0 radical (unpaired) electrons. The summed E-state index contributed by atoms with van der Waals surface area (Å²) in [4.78, 5) is 25.4. The number of fused-ring (bicyclic) bond motifs is 10. The predicted molar refractivity (Wildman–Crippen MR) is 124 cm³/mol. The van der Waals surface area contributed by atoms with Crippen molar-refractivity contribution >= 4 is 11.9 Å². The van der Waals surface area contributed by atoms with Crippen LogP contribution in [0.15, 0.2) is 0 Å². The first-order valence-electron chi connectivity index (χ1n) is 14.1. The maximum absolute atomic E-state index is 13.5. The van der Waals surface area contributed by atoms with Crippen LogP contribution in [-0.2, 0) is 14.3 Å². The van der Waals surface area contributed by atoms with Gasteiger partial charge in [-0.3, -0.25) is 9.59 Å². The second kappa shape index (κ2) is 6.58. The normalized spacial score (nSPS) is 57.0. The van der Waals surface area contributed by atoms with E-state index in [0.717, 1.165) is 91.8 Å². The highest BCUT2D eigenvalue weighted by atomic mass is 16.5. The van der Waals surface area contributed by atoms with E-state index in [0.29, 0.717) is 11.8 Å². The number of carboxylic acids is 1. The van der Waals surface area contributed by atoms with Crippen LogP contribution in [0.2, 0.25) is 0 Å². The second-order valence-electron chi connectivity index (χ2n) is 14.5. The van der Waals surface area contributed by atoms with Crippen LogP contribution in [0, 0.1) is 81.8 Å². The number of rotatable bonds is 5. The van der Waals surface area contributed by atoms with Gasteiger partial charge in [0.05, 0.1) is 11.3 Å². The summed E-state index contributed by atoms with van der Waals surface area (Å²) in [7, 11) is 0. The molecule has 4 heteroatoms. The summed E-state index contributed by atoms with van der Waals surface area (Å²) in [5.74, 6) is 7.90. The Hall–Kier alpha value is -1.06. The van der Waals surface area contributed by atoms with E-state index in [9.17, 15) is 14.7 Å². The molecule has 0 amide bonds. The lowest BCUT2D eigenvalue weighted by Gasteiger charge is -2.47. The number of hydrogen-bond acceptors (Lipinski definition) is 3. The predicted octanol–water partition coefficient (Wildman–Crippen LogP) is 5.65. The van der Waals surface area contributed by atoms with E-state index in [2.05, 4.69) is 27.7 Å². The molecule has 6 bridgehead atoms. The molecule has 1 N–H and O–H groups in total. The van der Waals surface area contributed by atoms with Crippen LogP contribution in [0.4, 0.5) is 0 Å². The molecular formula is C29H42O4. The van der Waals surface area contributed by atoms with Gasteiger partial charge < -0.3 is 9.84 Å². The first-order valence-corrected chi connectivity index (χ1v) is 14.1. The van der Waals surface area contributed by atoms with Gasteiger partial charge in [-0.25, -0.2) is 0 Å². The molecule has 0 saturated heterocycles. The Bertz CT molecular complexity index is 894. The monoisotopic (exact) mass is 454 g/mol. The molecule has 7 rings (SSSR count). The summed E-state index contributed by atoms with van der Waals surface area (Å²) in [6.45, 7) is 9.75. The average Bonchev–Trinajstić information content (AvgIpc) is 3.32. The topological polar surface area (TPSA) is 63.6 Å². The summed E-state index contributed by atoms with van der Waals surface area (Å²) >= 11 is 0. The Morgan fingerprint density at radius 1 is 0.848 bits per heavy atom. The Labute approximate surface area is 198 Å². The van der Waals surface area contributed by atoms with Crippen LogP contribution in [0.25, 0.3) is 0 Å². The number of carbonyl (C=O) groups is 2. The van der Waals surface area contributed by atoms with Crippen LogP contribution in [0.3, 0.4) is 0 Å². The number of aliphatic carboxylic acids is 1. The Morgan fingerprint density at radius 3 is 2.21 bits per heavy atom. The quantitative estimate of drug-likeness (QED) is 0.431. The molecular weight excluding hydrogens is 412 g/mol. The van der Waals surface area contributed by atoms with E-state index < -0.39 is 11.4 Å². The number of carbonyl (C=O) groups excluding carboxylic acids is 1. The molecule has 13 atom stereocenters. The summed E-state index contributed by atoms with van der Waals surface area (Å²) in [6, 6.07) is 0. The minimum Gasteiger partial charge on any atom is -0.481 e. The third-order valence-electron chi connectivity index (χ3n) is 12.7. The van der Waals surface area contributed by atoms with Gasteiger partial charge in [-0.15, -0.1) is 0 Å². The van der Waals surface area contributed by atoms with Crippen molar-refractivity contribution in [1.82, 2.24) is 0 Å². The highest BCUT2D eigenvalue weighted by molar-refractivity contribution is 5.81. The number of ether oxygens (including phenoxy) is 1. The van der Waals surface area contributed by atoms with Crippen LogP contribution in [-0.4, -0.2) is 23.1 Å². The van der Waals surface area contributed by atoms with Crippen molar-refractivity contribution in [3.63, 3.8) is 0 Å². The molecule has 7 aliphatic carbocycles. The zero-order chi connectivity index (χ0) is 23.0. The van der Waals surface area contributed by atoms with Crippen molar-refractivity contribution in [3.05, 3.63) is 0 Å². The third kappa shape index (κ3) is 2.54. The number of carboxylic acid groups (broad SMARTS) is 1. The molecule has 0 aromatic heterocycles. The van der Waals surface area contributed by atoms with E-state index >= 15 is 0 Å². The molecule has 0 aromatic rings. The third-order valence-corrected chi connectivity index (χ3v) is 12.7. The molecule has 33 heavy (non-hydrogen) atoms. The van der Waals surface area contributed by atoms with Crippen molar-refractivity contribution in [2.24, 2.45) is 81.8 Å². The summed E-state index contributed by atoms with van der Waals surface area (Å²) in [5.41, 5.74) is -0.548. The van der Waals surface area contributed by atoms with Gasteiger partial charge in [0.1, 0.15) is 6.10 Å². The smallest absolute Gasteiger partial charge is 0.310 e. The molecule has 182 valence electrons. The highest BCUT2D eigenvalue weighted by Crippen LogP contribution is 2.79. The summed E-state index contributed by atoms with van der Waals surface area (Å²) in [5, 5.41) is 9.81. The SMILES string of the molecule is CC(C)C1C2CC(C3C4CC(C(=O)OC5CC6CC7(C5)CC7(C(=O)O)C6)C(C4)C23)[C@H]1C(C)C. The van der Waals surface area contributed by atoms with Crippen molar-refractivity contribution < 1.29 is 19.4 Å². The van der Waals surface area contributed by atoms with Gasteiger partial charge in [0, 0.05) is 0 Å². The summed E-state index contributed by atoms with van der Waals surface area (Å²) < 4.78 is 6.26. The van der Waals surface area contributed by atoms with E-state index in [1.54, 1.807) is 0 Å². The molecule has 7 fully saturated rings. The van der Waals surface area contributed by atoms with Crippen LogP contribution >= 0.6 is 0 Å². The summed E-state index contributed by atoms with van der Waals surface area (Å²) in [6.07, 6.45) is 8.06. The Kier molecular flexibility index (Phi) is 4.23. The first-order chi connectivity index (χ1) is 15.7. The molecule has 0 aromatic carbocycles. The lowest BCUT2D eigenvalue weighted by molar-refractivity contribution is -0.161. The molecule has 12 unspecified atom stereocenters. The van der Waals surface area contributed by atoms with Gasteiger partial charge in [0.25, 0.3) is 0 Å². The van der Waals surface area contributed by atoms with Crippen molar-refractivity contribution in [2.75, 3.05) is 0 Å². The standard InChI is InChI=1S/C29H42O4/c1-13(2)22-20-8-21(23(22)14(3)4)25-18-6-16(24(20)25)7-19(18)26(30)33-17-5-15-9-28(11-17)12-29(28,10-15)27(31)32/h13-25H,5-12H2,1-4H3,(H,31,32)/t15?,16?,17?,18?,19?,20?,21?,22-,23?,24?,25?,28?,29?/m1/s1. The number of hydrogen-bond donors (Lipinski definition) is 1. The average molecular weight is 455 g/mol. The Morgan fingerprint density at radius 2 is 1.55 bits per heavy atom. The molecule has 4 nitrogen and oxygen atoms in total. The highest BCUT2D eigenvalue weighted by Gasteiger charge is 2.78. The Balaban J connectivity index is 1.06. The van der Waals surface area contributed by atoms with Gasteiger partial charge in [0.2, 0.25) is 0 Å². The van der Waals surface area contributed by atoms with Gasteiger partial charge in [-0.2, -0.15) is 0 Å². The fourth-order valence-corrected chi connectivity index (χ4v) is 12.2. The van der Waals surface area contributed by atoms with Crippen LogP contribution < -0.4 is 0 Å². The van der Waals surface area contributed by atoms with Gasteiger partial charge in [-0.1, -0.05) is 27.7 Å². The molecule has 1 spiro atoms. The van der Waals surface area contributed by atoms with Crippen LogP contribution in [0.5, 0.6) is 0 Å². The maximum Gasteiger partial charge on any atom is 0.310 e. The molecule has 0 aliphatic heterocycles. The zero-order valence-electron chi connectivity index (χ0n) is 20.8. The van der Waals surface area contributed by atoms with E-state index in [4.69, 9.17) is 4.74 Å². The fourth-order valence-electron chi connectivity index (χ4n) is 12.2. The first kappa shape index (κ1) is 21.2. The van der Waals surface area contributed by atoms with Gasteiger partial charge >= 0.3 is 11.9 Å². The lowest BCUT2D eigenvalue weighted by Crippen LogP contribution is -2.45. The maximum atomic E-state index is 13.5. The van der Waals surface area contributed by atoms with Crippen molar-refractivity contribution in [1.29, 1.82) is 0 Å². The molecule has 0 heterocycles. The van der Waals surface area contributed by atoms with Gasteiger partial charge in [-0.05, 0) is 122 Å². The van der Waals surface area contributed by atoms with Crippen LogP contribution in [0.1, 0.15) is 79.1 Å². The minimum absolute atomic E-state index is 0.0383. The molecule has 7 saturated carbocycles. The van der Waals surface area contributed by atoms with Crippen molar-refractivity contribution in [3.8, 4) is 0 Å².